The molecule has 0 radical (unpaired) electrons. The van der Waals surface area contributed by atoms with Crippen LogP contribution in [0.15, 0.2) is 33.5 Å². The van der Waals surface area contributed by atoms with Crippen LogP contribution in [0.25, 0.3) is 11.1 Å². The predicted octanol–water partition coefficient (Wildman–Crippen LogP) is 2.83. The Morgan fingerprint density at radius 2 is 2.15 bits per heavy atom. The van der Waals surface area contributed by atoms with Crippen molar-refractivity contribution >= 4 is 15.9 Å². The van der Waals surface area contributed by atoms with Crippen molar-refractivity contribution in [3.8, 4) is 17.0 Å². The number of H-pyrrole nitrogens is 1. The molecule has 0 aliphatic heterocycles. The van der Waals surface area contributed by atoms with Crippen LogP contribution in [0.5, 0.6) is 5.88 Å². The van der Waals surface area contributed by atoms with Gasteiger partial charge in [0.05, 0.1) is 0 Å². The molecule has 2 aromatic rings. The zero-order chi connectivity index (χ0) is 14.5. The predicted molar refractivity (Wildman–Crippen MR) is 79.6 cm³/mol. The van der Waals surface area contributed by atoms with Crippen LogP contribution in [0.3, 0.4) is 0 Å². The van der Waals surface area contributed by atoms with E-state index in [4.69, 9.17) is 4.74 Å². The maximum Gasteiger partial charge on any atom is 0.262 e. The number of aromatic hydroxyl groups is 1. The Balaban J connectivity index is 2.37. The monoisotopic (exact) mass is 338 g/mol. The highest BCUT2D eigenvalue weighted by Gasteiger charge is 2.15. The molecule has 106 valence electrons. The summed E-state index contributed by atoms with van der Waals surface area (Å²) in [6.07, 6.45) is 0.880. The van der Waals surface area contributed by atoms with E-state index in [0.29, 0.717) is 18.0 Å². The maximum absolute atomic E-state index is 12.1. The zero-order valence-electron chi connectivity index (χ0n) is 11.0. The number of rotatable bonds is 5. The molecule has 0 saturated carbocycles. The van der Waals surface area contributed by atoms with Gasteiger partial charge in [-0.25, -0.2) is 0 Å². The summed E-state index contributed by atoms with van der Waals surface area (Å²) in [5.74, 6) is 0.0208. The van der Waals surface area contributed by atoms with Crippen LogP contribution in [-0.2, 0) is 11.3 Å². The number of halogens is 1. The van der Waals surface area contributed by atoms with Crippen molar-refractivity contribution in [1.29, 1.82) is 0 Å². The number of ether oxygens (including phenoxy) is 1. The van der Waals surface area contributed by atoms with Gasteiger partial charge in [-0.05, 0) is 12.5 Å². The van der Waals surface area contributed by atoms with Gasteiger partial charge in [-0.15, -0.1) is 0 Å². The summed E-state index contributed by atoms with van der Waals surface area (Å²) in [5.41, 5.74) is 0.357. The van der Waals surface area contributed by atoms with E-state index in [1.165, 1.54) is 0 Å². The highest BCUT2D eigenvalue weighted by Crippen LogP contribution is 2.30. The molecular formula is C14H15BrN2O3. The first-order valence-electron chi connectivity index (χ1n) is 6.28. The second kappa shape index (κ2) is 6.67. The standard InChI is InChI=1S/C14H15BrN2O3/c1-2-7-20-8-11-16-13(18)12(14(19)17-11)9-5-3-4-6-10(9)15/h3-6H,2,7-8H2,1H3,(H2,16,17,18,19). The Bertz CT molecular complexity index is 655. The maximum atomic E-state index is 12.1. The Hall–Kier alpha value is -1.66. The third kappa shape index (κ3) is 3.26. The van der Waals surface area contributed by atoms with Crippen LogP contribution in [0.2, 0.25) is 0 Å². The molecule has 0 aliphatic rings. The molecule has 5 nitrogen and oxygen atoms in total. The zero-order valence-corrected chi connectivity index (χ0v) is 12.6. The number of benzene rings is 1. The van der Waals surface area contributed by atoms with Gasteiger partial charge in [0.15, 0.2) is 0 Å². The number of nitrogens with one attached hydrogen (secondary N) is 1. The van der Waals surface area contributed by atoms with Gasteiger partial charge in [0.1, 0.15) is 18.0 Å². The van der Waals surface area contributed by atoms with E-state index >= 15 is 0 Å². The number of aromatic amines is 1. The molecular weight excluding hydrogens is 324 g/mol. The van der Waals surface area contributed by atoms with Crippen LogP contribution >= 0.6 is 15.9 Å². The van der Waals surface area contributed by atoms with Crippen molar-refractivity contribution in [3.05, 3.63) is 44.9 Å². The van der Waals surface area contributed by atoms with Gasteiger partial charge < -0.3 is 14.8 Å². The summed E-state index contributed by atoms with van der Waals surface area (Å²) in [7, 11) is 0. The van der Waals surface area contributed by atoms with Gasteiger partial charge in [-0.3, -0.25) is 4.79 Å². The third-order valence-electron chi connectivity index (χ3n) is 2.68. The lowest BCUT2D eigenvalue weighted by Gasteiger charge is -2.08. The van der Waals surface area contributed by atoms with Crippen LogP contribution in [0.4, 0.5) is 0 Å². The molecule has 0 spiro atoms. The highest BCUT2D eigenvalue weighted by molar-refractivity contribution is 9.10. The quantitative estimate of drug-likeness (QED) is 0.822. The fourth-order valence-corrected chi connectivity index (χ4v) is 2.28. The summed E-state index contributed by atoms with van der Waals surface area (Å²) < 4.78 is 6.02. The summed E-state index contributed by atoms with van der Waals surface area (Å²) in [6.45, 7) is 2.74. The van der Waals surface area contributed by atoms with Crippen LogP contribution < -0.4 is 5.56 Å². The number of hydrogen-bond acceptors (Lipinski definition) is 4. The SMILES string of the molecule is CCCOCc1nc(O)c(-c2ccccc2Br)c(=O)[nH]1. The topological polar surface area (TPSA) is 75.2 Å². The lowest BCUT2D eigenvalue weighted by atomic mass is 10.1. The molecule has 0 saturated heterocycles. The molecule has 0 unspecified atom stereocenters. The normalized spacial score (nSPS) is 10.7. The minimum Gasteiger partial charge on any atom is -0.493 e. The van der Waals surface area contributed by atoms with Crippen molar-refractivity contribution in [2.75, 3.05) is 6.61 Å². The Kier molecular flexibility index (Phi) is 4.92. The molecule has 1 aromatic carbocycles. The van der Waals surface area contributed by atoms with E-state index in [2.05, 4.69) is 25.9 Å². The van der Waals surface area contributed by atoms with E-state index in [1.807, 2.05) is 13.0 Å². The van der Waals surface area contributed by atoms with Gasteiger partial charge in [0, 0.05) is 16.6 Å². The fourth-order valence-electron chi connectivity index (χ4n) is 1.80. The Labute approximate surface area is 124 Å². The first-order valence-corrected chi connectivity index (χ1v) is 7.07. The van der Waals surface area contributed by atoms with Gasteiger partial charge in [0.25, 0.3) is 5.56 Å². The minimum absolute atomic E-state index is 0.150. The van der Waals surface area contributed by atoms with Crippen molar-refractivity contribution in [2.45, 2.75) is 20.0 Å². The summed E-state index contributed by atoms with van der Waals surface area (Å²) >= 11 is 3.35. The smallest absolute Gasteiger partial charge is 0.262 e. The first kappa shape index (κ1) is 14.7. The molecule has 0 fully saturated rings. The first-order chi connectivity index (χ1) is 9.63. The Morgan fingerprint density at radius 3 is 2.80 bits per heavy atom. The summed E-state index contributed by atoms with van der Waals surface area (Å²) in [5, 5.41) is 10.00. The second-order valence-electron chi connectivity index (χ2n) is 4.24. The van der Waals surface area contributed by atoms with Crippen molar-refractivity contribution in [1.82, 2.24) is 9.97 Å². The van der Waals surface area contributed by atoms with Crippen LogP contribution in [0.1, 0.15) is 19.2 Å². The molecule has 0 bridgehead atoms. The lowest BCUT2D eigenvalue weighted by Crippen LogP contribution is -2.15. The molecule has 0 aliphatic carbocycles. The second-order valence-corrected chi connectivity index (χ2v) is 5.10. The number of aromatic nitrogens is 2. The van der Waals surface area contributed by atoms with E-state index in [9.17, 15) is 9.90 Å². The van der Waals surface area contributed by atoms with Crippen LogP contribution in [-0.4, -0.2) is 21.7 Å². The van der Waals surface area contributed by atoms with Gasteiger partial charge in [-0.2, -0.15) is 4.98 Å². The largest absolute Gasteiger partial charge is 0.493 e. The van der Waals surface area contributed by atoms with Gasteiger partial charge in [-0.1, -0.05) is 41.1 Å². The van der Waals surface area contributed by atoms with Crippen molar-refractivity contribution in [3.63, 3.8) is 0 Å². The average Bonchev–Trinajstić information content (AvgIpc) is 2.40. The van der Waals surface area contributed by atoms with E-state index < -0.39 is 0 Å². The van der Waals surface area contributed by atoms with E-state index in [1.54, 1.807) is 18.2 Å². The summed E-state index contributed by atoms with van der Waals surface area (Å²) in [6, 6.07) is 7.16. The molecule has 20 heavy (non-hydrogen) atoms. The van der Waals surface area contributed by atoms with E-state index in [0.717, 1.165) is 10.9 Å². The highest BCUT2D eigenvalue weighted by atomic mass is 79.9. The number of hydrogen-bond donors (Lipinski definition) is 2. The van der Waals surface area contributed by atoms with Gasteiger partial charge in [0.2, 0.25) is 5.88 Å². The molecule has 2 rings (SSSR count). The molecule has 0 atom stereocenters. The third-order valence-corrected chi connectivity index (χ3v) is 3.37. The fraction of sp³-hybridized carbons (Fsp3) is 0.286. The lowest BCUT2D eigenvalue weighted by molar-refractivity contribution is 0.115. The Morgan fingerprint density at radius 1 is 1.40 bits per heavy atom. The van der Waals surface area contributed by atoms with Gasteiger partial charge >= 0.3 is 0 Å². The summed E-state index contributed by atoms with van der Waals surface area (Å²) in [4.78, 5) is 18.7. The van der Waals surface area contributed by atoms with Crippen molar-refractivity contribution in [2.24, 2.45) is 0 Å². The van der Waals surface area contributed by atoms with E-state index in [-0.39, 0.29) is 23.6 Å². The molecule has 2 N–H and O–H groups in total. The molecule has 6 heteroatoms. The number of nitrogens with zero attached hydrogens (tertiary/aromatic N) is 1. The van der Waals surface area contributed by atoms with Crippen molar-refractivity contribution < 1.29 is 9.84 Å². The molecule has 0 amide bonds. The average molecular weight is 339 g/mol. The van der Waals surface area contributed by atoms with Crippen LogP contribution in [0, 0.1) is 0 Å². The minimum atomic E-state index is -0.389. The molecule has 1 heterocycles. The molecule has 1 aromatic heterocycles.